The lowest BCUT2D eigenvalue weighted by Crippen LogP contribution is -2.17. The highest BCUT2D eigenvalue weighted by Gasteiger charge is 2.22. The van der Waals surface area contributed by atoms with Crippen LogP contribution in [0.4, 0.5) is 0 Å². The molecule has 0 radical (unpaired) electrons. The van der Waals surface area contributed by atoms with Crippen molar-refractivity contribution in [2.24, 2.45) is 0 Å². The second kappa shape index (κ2) is 7.94. The minimum atomic E-state index is -3.57. The van der Waals surface area contributed by atoms with Gasteiger partial charge in [-0.25, -0.2) is 13.2 Å². The number of methoxy groups -OCH3 is 1. The number of Topliss-reactive ketones (excluding diaryl/α,β-unsaturated/α-hetero) is 1. The van der Waals surface area contributed by atoms with Crippen LogP contribution in [-0.2, 0) is 14.6 Å². The number of rotatable bonds is 7. The molecule has 0 heterocycles. The fourth-order valence-electron chi connectivity index (χ4n) is 2.13. The smallest absolute Gasteiger partial charge is 0.339 e. The molecule has 0 N–H and O–H groups in total. The van der Waals surface area contributed by atoms with Crippen LogP contribution < -0.4 is 4.74 Å². The molecule has 2 aromatic carbocycles. The molecule has 2 aromatic rings. The van der Waals surface area contributed by atoms with Crippen molar-refractivity contribution in [1.29, 1.82) is 0 Å². The maximum atomic E-state index is 12.2. The van der Waals surface area contributed by atoms with E-state index >= 15 is 0 Å². The largest absolute Gasteiger partial charge is 0.497 e. The minimum absolute atomic E-state index is 0.0770. The van der Waals surface area contributed by atoms with Gasteiger partial charge in [0.25, 0.3) is 0 Å². The second-order valence-corrected chi connectivity index (χ2v) is 7.37. The molecule has 0 spiro atoms. The fourth-order valence-corrected chi connectivity index (χ4v) is 3.21. The lowest BCUT2D eigenvalue weighted by molar-refractivity contribution is 0.0471. The van der Waals surface area contributed by atoms with Crippen LogP contribution >= 0.6 is 0 Å². The third-order valence-electron chi connectivity index (χ3n) is 3.57. The summed E-state index contributed by atoms with van der Waals surface area (Å²) in [7, 11) is -2.06. The maximum Gasteiger partial charge on any atom is 0.339 e. The first kappa shape index (κ1) is 18.7. The third kappa shape index (κ3) is 4.45. The van der Waals surface area contributed by atoms with Gasteiger partial charge < -0.3 is 9.47 Å². The van der Waals surface area contributed by atoms with Gasteiger partial charge in [0, 0.05) is 5.56 Å². The van der Waals surface area contributed by atoms with Gasteiger partial charge in [0.15, 0.2) is 22.2 Å². The highest BCUT2D eigenvalue weighted by Crippen LogP contribution is 2.18. The Hall–Kier alpha value is -2.67. The molecule has 0 saturated carbocycles. The molecule has 0 aromatic heterocycles. The lowest BCUT2D eigenvalue weighted by Gasteiger charge is -2.09. The fraction of sp³-hybridized carbons (Fsp3) is 0.222. The Morgan fingerprint density at radius 2 is 1.64 bits per heavy atom. The first-order chi connectivity index (χ1) is 11.9. The summed E-state index contributed by atoms with van der Waals surface area (Å²) in [6, 6.07) is 12.1. The number of benzene rings is 2. The minimum Gasteiger partial charge on any atom is -0.497 e. The Morgan fingerprint density at radius 1 is 1.00 bits per heavy atom. The van der Waals surface area contributed by atoms with E-state index in [9.17, 15) is 18.0 Å². The molecule has 2 rings (SSSR count). The first-order valence-electron chi connectivity index (χ1n) is 7.55. The molecule has 0 bridgehead atoms. The Morgan fingerprint density at radius 3 is 2.24 bits per heavy atom. The van der Waals surface area contributed by atoms with Gasteiger partial charge in [-0.2, -0.15) is 0 Å². The van der Waals surface area contributed by atoms with E-state index in [4.69, 9.17) is 9.47 Å². The van der Waals surface area contributed by atoms with Crippen LogP contribution in [0.15, 0.2) is 53.4 Å². The molecule has 0 saturated heterocycles. The average Bonchev–Trinajstić information content (AvgIpc) is 2.65. The zero-order valence-electron chi connectivity index (χ0n) is 13.9. The van der Waals surface area contributed by atoms with Crippen molar-refractivity contribution in [1.82, 2.24) is 0 Å². The predicted octanol–water partition coefficient (Wildman–Crippen LogP) is 2.53. The molecule has 0 unspecified atom stereocenters. The van der Waals surface area contributed by atoms with Crippen LogP contribution in [0, 0.1) is 0 Å². The first-order valence-corrected chi connectivity index (χ1v) is 9.20. The highest BCUT2D eigenvalue weighted by atomic mass is 32.2. The molecule has 132 valence electrons. The lowest BCUT2D eigenvalue weighted by atomic mass is 10.1. The van der Waals surface area contributed by atoms with E-state index < -0.39 is 28.2 Å². The Kier molecular flexibility index (Phi) is 5.93. The van der Waals surface area contributed by atoms with E-state index in [1.807, 2.05) is 0 Å². The Balaban J connectivity index is 2.11. The summed E-state index contributed by atoms with van der Waals surface area (Å²) >= 11 is 0. The van der Waals surface area contributed by atoms with E-state index in [1.165, 1.54) is 38.3 Å². The summed E-state index contributed by atoms with van der Waals surface area (Å²) < 4.78 is 34.1. The van der Waals surface area contributed by atoms with Crippen molar-refractivity contribution in [2.75, 3.05) is 19.5 Å². The number of carbonyl (C=O) groups excluding carboxylic acids is 2. The molecule has 25 heavy (non-hydrogen) atoms. The van der Waals surface area contributed by atoms with Crippen LogP contribution in [0.5, 0.6) is 5.75 Å². The average molecular weight is 362 g/mol. The summed E-state index contributed by atoms with van der Waals surface area (Å²) in [6.45, 7) is 1.01. The van der Waals surface area contributed by atoms with Gasteiger partial charge in [-0.3, -0.25) is 4.79 Å². The molecule has 0 fully saturated rings. The number of sulfone groups is 1. The molecule has 0 atom stereocenters. The van der Waals surface area contributed by atoms with E-state index in [2.05, 4.69) is 0 Å². The zero-order chi connectivity index (χ0) is 18.4. The van der Waals surface area contributed by atoms with Crippen molar-refractivity contribution < 1.29 is 27.5 Å². The molecule has 6 nitrogen and oxygen atoms in total. The Labute approximate surface area is 146 Å². The van der Waals surface area contributed by atoms with Crippen molar-refractivity contribution >= 4 is 21.6 Å². The van der Waals surface area contributed by atoms with E-state index in [0.717, 1.165) is 0 Å². The maximum absolute atomic E-state index is 12.2. The normalized spacial score (nSPS) is 11.0. The quantitative estimate of drug-likeness (QED) is 0.556. The molecule has 0 aliphatic carbocycles. The number of hydrogen-bond acceptors (Lipinski definition) is 6. The molecular formula is C18H18O6S. The number of ketones is 1. The van der Waals surface area contributed by atoms with Crippen molar-refractivity contribution in [3.8, 4) is 5.75 Å². The standard InChI is InChI=1S/C18H18O6S/c1-3-25(21,22)17-7-5-4-6-15(17)18(20)24-12-16(19)13-8-10-14(23-2)11-9-13/h4-11H,3,12H2,1-2H3. The highest BCUT2D eigenvalue weighted by molar-refractivity contribution is 7.91. The number of carbonyl (C=O) groups is 2. The number of ether oxygens (including phenoxy) is 2. The molecule has 0 aliphatic heterocycles. The summed E-state index contributed by atoms with van der Waals surface area (Å²) in [5.41, 5.74) is 0.287. The van der Waals surface area contributed by atoms with Gasteiger partial charge in [-0.1, -0.05) is 19.1 Å². The van der Waals surface area contributed by atoms with Crippen LogP contribution in [0.2, 0.25) is 0 Å². The van der Waals surface area contributed by atoms with Crippen LogP contribution in [-0.4, -0.2) is 39.6 Å². The molecule has 7 heteroatoms. The molecule has 0 amide bonds. The van der Waals surface area contributed by atoms with Crippen LogP contribution in [0.1, 0.15) is 27.6 Å². The van der Waals surface area contributed by atoms with Gasteiger partial charge >= 0.3 is 5.97 Å². The van der Waals surface area contributed by atoms with E-state index in [-0.39, 0.29) is 16.2 Å². The predicted molar refractivity (Wildman–Crippen MR) is 91.8 cm³/mol. The van der Waals surface area contributed by atoms with Gasteiger partial charge in [0.1, 0.15) is 5.75 Å². The van der Waals surface area contributed by atoms with E-state index in [0.29, 0.717) is 11.3 Å². The van der Waals surface area contributed by atoms with Gasteiger partial charge in [0.05, 0.1) is 23.3 Å². The van der Waals surface area contributed by atoms with Gasteiger partial charge in [0.2, 0.25) is 0 Å². The van der Waals surface area contributed by atoms with Crippen molar-refractivity contribution in [2.45, 2.75) is 11.8 Å². The summed E-state index contributed by atoms with van der Waals surface area (Å²) in [5, 5.41) is 0. The molecular weight excluding hydrogens is 344 g/mol. The number of esters is 1. The van der Waals surface area contributed by atoms with Gasteiger partial charge in [-0.15, -0.1) is 0 Å². The van der Waals surface area contributed by atoms with E-state index in [1.54, 1.807) is 24.3 Å². The zero-order valence-corrected chi connectivity index (χ0v) is 14.7. The third-order valence-corrected chi connectivity index (χ3v) is 5.35. The van der Waals surface area contributed by atoms with Gasteiger partial charge in [-0.05, 0) is 36.4 Å². The number of hydrogen-bond donors (Lipinski definition) is 0. The Bertz CT molecular complexity index is 869. The summed E-state index contributed by atoms with van der Waals surface area (Å²) in [6.07, 6.45) is 0. The summed E-state index contributed by atoms with van der Waals surface area (Å²) in [5.74, 6) is -0.782. The summed E-state index contributed by atoms with van der Waals surface area (Å²) in [4.78, 5) is 24.2. The van der Waals surface area contributed by atoms with Crippen molar-refractivity contribution in [3.05, 3.63) is 59.7 Å². The van der Waals surface area contributed by atoms with Crippen molar-refractivity contribution in [3.63, 3.8) is 0 Å². The monoisotopic (exact) mass is 362 g/mol. The van der Waals surface area contributed by atoms with Crippen LogP contribution in [0.3, 0.4) is 0 Å². The van der Waals surface area contributed by atoms with Crippen LogP contribution in [0.25, 0.3) is 0 Å². The SMILES string of the molecule is CCS(=O)(=O)c1ccccc1C(=O)OCC(=O)c1ccc(OC)cc1. The molecule has 0 aliphatic rings. The second-order valence-electron chi connectivity index (χ2n) is 5.13. The topological polar surface area (TPSA) is 86.7 Å².